The molecule has 0 aromatic rings. The molecular formula is C11H21BrN2O2. The number of alkyl halides is 1. The number of hydrogen-bond acceptors (Lipinski definition) is 2. The molecule has 16 heavy (non-hydrogen) atoms. The Kier molecular flexibility index (Phi) is 6.64. The maximum atomic E-state index is 11.9. The Morgan fingerprint density at radius 3 is 2.19 bits per heavy atom. The van der Waals surface area contributed by atoms with Crippen LogP contribution in [-0.2, 0) is 9.59 Å². The number of nitrogens with one attached hydrogen (secondary N) is 1. The summed E-state index contributed by atoms with van der Waals surface area (Å²) in [6, 6.07) is 0. The normalized spacial score (nSPS) is 14.4. The second kappa shape index (κ2) is 6.89. The third-order valence-corrected chi connectivity index (χ3v) is 3.89. The van der Waals surface area contributed by atoms with Crippen LogP contribution in [0.1, 0.15) is 20.8 Å². The van der Waals surface area contributed by atoms with Crippen LogP contribution in [-0.4, -0.2) is 42.2 Å². The quantitative estimate of drug-likeness (QED) is 0.776. The summed E-state index contributed by atoms with van der Waals surface area (Å²) in [5, 5.41) is 2.57. The Bertz CT molecular complexity index is 256. The minimum absolute atomic E-state index is 0.0192. The maximum Gasteiger partial charge on any atom is 0.236 e. The van der Waals surface area contributed by atoms with Crippen molar-refractivity contribution in [2.75, 3.05) is 20.6 Å². The van der Waals surface area contributed by atoms with Gasteiger partial charge in [-0.15, -0.1) is 0 Å². The van der Waals surface area contributed by atoms with Crippen LogP contribution >= 0.6 is 15.9 Å². The van der Waals surface area contributed by atoms with Crippen LogP contribution in [0.2, 0.25) is 0 Å². The molecule has 1 N–H and O–H groups in total. The molecule has 2 amide bonds. The largest absolute Gasteiger partial charge is 0.359 e. The van der Waals surface area contributed by atoms with Crippen molar-refractivity contribution in [2.24, 2.45) is 11.8 Å². The number of halogens is 1. The lowest BCUT2D eigenvalue weighted by Crippen LogP contribution is -2.41. The number of carbonyl (C=O) groups excluding carboxylic acids is 2. The molecule has 0 radical (unpaired) electrons. The van der Waals surface area contributed by atoms with E-state index in [0.717, 1.165) is 0 Å². The molecule has 2 unspecified atom stereocenters. The summed E-state index contributed by atoms with van der Waals surface area (Å²) in [4.78, 5) is 24.6. The lowest BCUT2D eigenvalue weighted by Gasteiger charge is -2.24. The summed E-state index contributed by atoms with van der Waals surface area (Å²) in [6.45, 7) is 6.20. The van der Waals surface area contributed by atoms with E-state index in [1.165, 1.54) is 0 Å². The van der Waals surface area contributed by atoms with Crippen LogP contribution in [0.5, 0.6) is 0 Å². The van der Waals surface area contributed by atoms with Crippen molar-refractivity contribution < 1.29 is 9.59 Å². The van der Waals surface area contributed by atoms with E-state index in [9.17, 15) is 9.59 Å². The van der Waals surface area contributed by atoms with E-state index >= 15 is 0 Å². The topological polar surface area (TPSA) is 49.4 Å². The van der Waals surface area contributed by atoms with Gasteiger partial charge < -0.3 is 10.2 Å². The van der Waals surface area contributed by atoms with Crippen molar-refractivity contribution >= 4 is 27.7 Å². The Labute approximate surface area is 106 Å². The van der Waals surface area contributed by atoms with Crippen molar-refractivity contribution in [3.63, 3.8) is 0 Å². The standard InChI is InChI=1S/C11H21BrN2O2/c1-7(2)9(12)11(16)14(5)6-8(3)10(15)13-4/h7-9H,6H2,1-5H3,(H,13,15). The van der Waals surface area contributed by atoms with Crippen LogP contribution in [0.3, 0.4) is 0 Å². The van der Waals surface area contributed by atoms with Crippen molar-refractivity contribution in [1.29, 1.82) is 0 Å². The summed E-state index contributed by atoms with van der Waals surface area (Å²) in [6.07, 6.45) is 0. The minimum Gasteiger partial charge on any atom is -0.359 e. The Morgan fingerprint density at radius 1 is 1.31 bits per heavy atom. The van der Waals surface area contributed by atoms with Gasteiger partial charge in [0.1, 0.15) is 0 Å². The molecule has 0 aliphatic rings. The van der Waals surface area contributed by atoms with Gasteiger partial charge >= 0.3 is 0 Å². The molecule has 2 atom stereocenters. The molecule has 0 aliphatic carbocycles. The number of amides is 2. The van der Waals surface area contributed by atoms with Crippen molar-refractivity contribution in [1.82, 2.24) is 10.2 Å². The van der Waals surface area contributed by atoms with Crippen LogP contribution in [0.25, 0.3) is 0 Å². The highest BCUT2D eigenvalue weighted by Crippen LogP contribution is 2.15. The van der Waals surface area contributed by atoms with E-state index in [1.54, 1.807) is 25.9 Å². The lowest BCUT2D eigenvalue weighted by atomic mass is 10.1. The van der Waals surface area contributed by atoms with E-state index < -0.39 is 0 Å². The van der Waals surface area contributed by atoms with Gasteiger partial charge in [-0.3, -0.25) is 9.59 Å². The highest BCUT2D eigenvalue weighted by Gasteiger charge is 2.24. The zero-order valence-corrected chi connectivity index (χ0v) is 12.2. The lowest BCUT2D eigenvalue weighted by molar-refractivity contribution is -0.132. The van der Waals surface area contributed by atoms with E-state index in [0.29, 0.717) is 6.54 Å². The molecule has 5 heteroatoms. The Hall–Kier alpha value is -0.580. The SMILES string of the molecule is CNC(=O)C(C)CN(C)C(=O)C(Br)C(C)C. The summed E-state index contributed by atoms with van der Waals surface area (Å²) in [5.74, 6) is 0.0251. The van der Waals surface area contributed by atoms with Crippen LogP contribution in [0, 0.1) is 11.8 Å². The van der Waals surface area contributed by atoms with Gasteiger partial charge in [0.25, 0.3) is 0 Å². The summed E-state index contributed by atoms with van der Waals surface area (Å²) in [7, 11) is 3.32. The molecule has 0 rings (SSSR count). The second-order valence-electron chi connectivity index (χ2n) is 4.38. The van der Waals surface area contributed by atoms with Crippen LogP contribution in [0.4, 0.5) is 0 Å². The molecule has 0 spiro atoms. The van der Waals surface area contributed by atoms with Gasteiger partial charge in [0, 0.05) is 20.6 Å². The first-order valence-electron chi connectivity index (χ1n) is 5.41. The molecule has 0 saturated heterocycles. The van der Waals surface area contributed by atoms with Crippen LogP contribution in [0.15, 0.2) is 0 Å². The summed E-state index contributed by atoms with van der Waals surface area (Å²) in [5.41, 5.74) is 0. The highest BCUT2D eigenvalue weighted by molar-refractivity contribution is 9.10. The first kappa shape index (κ1) is 15.4. The third-order valence-electron chi connectivity index (χ3n) is 2.44. The molecule has 4 nitrogen and oxygen atoms in total. The maximum absolute atomic E-state index is 11.9. The van der Waals surface area contributed by atoms with Gasteiger partial charge in [-0.25, -0.2) is 0 Å². The number of hydrogen-bond donors (Lipinski definition) is 1. The van der Waals surface area contributed by atoms with Gasteiger partial charge in [-0.2, -0.15) is 0 Å². The van der Waals surface area contributed by atoms with E-state index in [1.807, 2.05) is 13.8 Å². The third kappa shape index (κ3) is 4.51. The first-order chi connectivity index (χ1) is 7.31. The Morgan fingerprint density at radius 2 is 1.81 bits per heavy atom. The summed E-state index contributed by atoms with van der Waals surface area (Å²) < 4.78 is 0. The van der Waals surface area contributed by atoms with Crippen molar-refractivity contribution in [2.45, 2.75) is 25.6 Å². The fourth-order valence-electron chi connectivity index (χ4n) is 1.33. The molecule has 0 aliphatic heterocycles. The molecule has 0 heterocycles. The van der Waals surface area contributed by atoms with Gasteiger partial charge in [0.15, 0.2) is 0 Å². The minimum atomic E-state index is -0.189. The fourth-order valence-corrected chi connectivity index (χ4v) is 1.68. The van der Waals surface area contributed by atoms with E-state index in [-0.39, 0.29) is 28.5 Å². The van der Waals surface area contributed by atoms with E-state index in [4.69, 9.17) is 0 Å². The predicted octanol–water partition coefficient (Wildman–Crippen LogP) is 1.25. The highest BCUT2D eigenvalue weighted by atomic mass is 79.9. The van der Waals surface area contributed by atoms with Crippen molar-refractivity contribution in [3.05, 3.63) is 0 Å². The number of carbonyl (C=O) groups is 2. The summed E-state index contributed by atoms with van der Waals surface area (Å²) >= 11 is 3.36. The van der Waals surface area contributed by atoms with Gasteiger partial charge in [-0.1, -0.05) is 36.7 Å². The Balaban J connectivity index is 4.30. The van der Waals surface area contributed by atoms with Gasteiger partial charge in [-0.05, 0) is 5.92 Å². The zero-order chi connectivity index (χ0) is 12.9. The van der Waals surface area contributed by atoms with E-state index in [2.05, 4.69) is 21.2 Å². The molecule has 0 bridgehead atoms. The second-order valence-corrected chi connectivity index (χ2v) is 5.37. The van der Waals surface area contributed by atoms with Crippen LogP contribution < -0.4 is 5.32 Å². The zero-order valence-electron chi connectivity index (χ0n) is 10.6. The predicted molar refractivity (Wildman–Crippen MR) is 68.4 cm³/mol. The number of nitrogens with zero attached hydrogens (tertiary/aromatic N) is 1. The molecule has 0 aromatic carbocycles. The molecular weight excluding hydrogens is 272 g/mol. The fraction of sp³-hybridized carbons (Fsp3) is 0.818. The molecule has 0 saturated carbocycles. The van der Waals surface area contributed by atoms with Gasteiger partial charge in [0.05, 0.1) is 10.7 Å². The van der Waals surface area contributed by atoms with Crippen molar-refractivity contribution in [3.8, 4) is 0 Å². The number of rotatable bonds is 5. The molecule has 0 fully saturated rings. The molecule has 0 aromatic heterocycles. The smallest absolute Gasteiger partial charge is 0.236 e. The monoisotopic (exact) mass is 292 g/mol. The average Bonchev–Trinajstić information content (AvgIpc) is 2.25. The average molecular weight is 293 g/mol. The van der Waals surface area contributed by atoms with Gasteiger partial charge in [0.2, 0.25) is 11.8 Å². The first-order valence-corrected chi connectivity index (χ1v) is 6.33. The molecule has 94 valence electrons.